The maximum atomic E-state index is 10.9. The van der Waals surface area contributed by atoms with Gasteiger partial charge in [0.05, 0.1) is 7.11 Å². The summed E-state index contributed by atoms with van der Waals surface area (Å²) in [4.78, 5) is 10.9. The highest BCUT2D eigenvalue weighted by molar-refractivity contribution is 7.99. The van der Waals surface area contributed by atoms with Crippen LogP contribution in [0.15, 0.2) is 30.0 Å². The fourth-order valence-electron chi connectivity index (χ4n) is 1.91. The van der Waals surface area contributed by atoms with E-state index >= 15 is 0 Å². The lowest BCUT2D eigenvalue weighted by atomic mass is 10.1. The molecular formula is C19H32O2S. The van der Waals surface area contributed by atoms with Gasteiger partial charge in [0.1, 0.15) is 0 Å². The molecule has 126 valence electrons. The van der Waals surface area contributed by atoms with Gasteiger partial charge in [-0.25, -0.2) is 0 Å². The minimum Gasteiger partial charge on any atom is -0.469 e. The van der Waals surface area contributed by atoms with Crippen LogP contribution >= 0.6 is 11.8 Å². The molecule has 22 heavy (non-hydrogen) atoms. The second-order valence-corrected chi connectivity index (χ2v) is 6.33. The summed E-state index contributed by atoms with van der Waals surface area (Å²) in [6, 6.07) is 0. The maximum absolute atomic E-state index is 10.9. The molecule has 0 heterocycles. The van der Waals surface area contributed by atoms with Crippen LogP contribution in [0.4, 0.5) is 0 Å². The molecule has 0 bridgehead atoms. The second-order valence-electron chi connectivity index (χ2n) is 5.26. The Balaban J connectivity index is 3.33. The number of carbonyl (C=O) groups excluding carboxylic acids is 1. The summed E-state index contributed by atoms with van der Waals surface area (Å²) in [7, 11) is 1.43. The van der Waals surface area contributed by atoms with Crippen molar-refractivity contribution in [3.63, 3.8) is 0 Å². The van der Waals surface area contributed by atoms with Gasteiger partial charge in [-0.15, -0.1) is 5.73 Å². The lowest BCUT2D eigenvalue weighted by Gasteiger charge is -1.96. The molecule has 0 radical (unpaired) electrons. The van der Waals surface area contributed by atoms with Crippen LogP contribution in [0, 0.1) is 0 Å². The fourth-order valence-corrected chi connectivity index (χ4v) is 2.53. The Bertz CT molecular complexity index is 341. The van der Waals surface area contributed by atoms with Crippen LogP contribution in [-0.2, 0) is 9.53 Å². The first-order valence-corrected chi connectivity index (χ1v) is 9.65. The Morgan fingerprint density at radius 2 is 1.82 bits per heavy atom. The topological polar surface area (TPSA) is 26.3 Å². The molecule has 0 aliphatic rings. The van der Waals surface area contributed by atoms with Crippen LogP contribution < -0.4 is 0 Å². The average molecular weight is 325 g/mol. The summed E-state index contributed by atoms with van der Waals surface area (Å²) in [5.74, 6) is 1.94. The molecule has 0 saturated carbocycles. The highest BCUT2D eigenvalue weighted by atomic mass is 32.2. The number of methoxy groups -OCH3 is 1. The number of hydrogen-bond acceptors (Lipinski definition) is 3. The molecule has 0 rings (SSSR count). The first kappa shape index (κ1) is 21.1. The van der Waals surface area contributed by atoms with Crippen molar-refractivity contribution in [2.45, 2.75) is 64.7 Å². The van der Waals surface area contributed by atoms with Crippen LogP contribution in [0.3, 0.4) is 0 Å². The molecule has 0 unspecified atom stereocenters. The largest absolute Gasteiger partial charge is 0.469 e. The van der Waals surface area contributed by atoms with Crippen molar-refractivity contribution in [2.75, 3.05) is 18.6 Å². The van der Waals surface area contributed by atoms with E-state index in [2.05, 4.69) is 35.6 Å². The molecule has 0 amide bonds. The first-order chi connectivity index (χ1) is 10.8. The van der Waals surface area contributed by atoms with Crippen molar-refractivity contribution in [1.29, 1.82) is 0 Å². The van der Waals surface area contributed by atoms with E-state index < -0.39 is 0 Å². The van der Waals surface area contributed by atoms with Crippen molar-refractivity contribution in [3.05, 3.63) is 30.0 Å². The SMILES string of the molecule is CCCCCCC/C=C\CSCC=C=CCCCC(=O)OC. The molecule has 0 aromatic heterocycles. The van der Waals surface area contributed by atoms with Crippen LogP contribution in [0.25, 0.3) is 0 Å². The van der Waals surface area contributed by atoms with Gasteiger partial charge in [-0.1, -0.05) is 44.8 Å². The van der Waals surface area contributed by atoms with E-state index in [-0.39, 0.29) is 5.97 Å². The molecule has 0 atom stereocenters. The summed E-state index contributed by atoms with van der Waals surface area (Å²) in [6.07, 6.45) is 18.9. The molecule has 0 fully saturated rings. The van der Waals surface area contributed by atoms with Gasteiger partial charge in [-0.3, -0.25) is 4.79 Å². The lowest BCUT2D eigenvalue weighted by Crippen LogP contribution is -1.98. The zero-order valence-corrected chi connectivity index (χ0v) is 15.1. The second kappa shape index (κ2) is 18.1. The van der Waals surface area contributed by atoms with Gasteiger partial charge in [0, 0.05) is 17.9 Å². The monoisotopic (exact) mass is 324 g/mol. The number of ether oxygens (including phenoxy) is 1. The van der Waals surface area contributed by atoms with E-state index in [1.54, 1.807) is 0 Å². The third-order valence-electron chi connectivity index (χ3n) is 3.25. The van der Waals surface area contributed by atoms with Gasteiger partial charge in [0.15, 0.2) is 0 Å². The molecule has 3 heteroatoms. The summed E-state index contributed by atoms with van der Waals surface area (Å²) >= 11 is 1.90. The Morgan fingerprint density at radius 1 is 1.00 bits per heavy atom. The molecule has 0 spiro atoms. The predicted octanol–water partition coefficient (Wildman–Crippen LogP) is 5.69. The number of allylic oxidation sites excluding steroid dienone is 1. The normalized spacial score (nSPS) is 10.5. The Kier molecular flexibility index (Phi) is 17.4. The average Bonchev–Trinajstić information content (AvgIpc) is 2.54. The zero-order valence-electron chi connectivity index (χ0n) is 14.3. The third-order valence-corrected chi connectivity index (χ3v) is 4.08. The highest BCUT2D eigenvalue weighted by Crippen LogP contribution is 2.06. The standard InChI is InChI=1S/C19H32O2S/c1-3-4-5-6-7-8-11-14-17-22-18-15-12-9-10-13-16-19(20)21-2/h9,11,14-15H,3-8,10,13,16-18H2,1-2H3/b14-11-. The zero-order chi connectivity index (χ0) is 16.3. The highest BCUT2D eigenvalue weighted by Gasteiger charge is 1.96. The number of hydrogen-bond donors (Lipinski definition) is 0. The summed E-state index contributed by atoms with van der Waals surface area (Å²) in [5.41, 5.74) is 3.16. The van der Waals surface area contributed by atoms with E-state index in [0.717, 1.165) is 24.3 Å². The van der Waals surface area contributed by atoms with E-state index in [1.165, 1.54) is 45.6 Å². The summed E-state index contributed by atoms with van der Waals surface area (Å²) in [5, 5.41) is 0. The molecule has 0 aromatic carbocycles. The van der Waals surface area contributed by atoms with Gasteiger partial charge < -0.3 is 4.74 Å². The quantitative estimate of drug-likeness (QED) is 0.178. The van der Waals surface area contributed by atoms with Crippen LogP contribution in [0.1, 0.15) is 64.7 Å². The van der Waals surface area contributed by atoms with E-state index in [1.807, 2.05) is 17.8 Å². The molecule has 0 saturated heterocycles. The lowest BCUT2D eigenvalue weighted by molar-refractivity contribution is -0.140. The van der Waals surface area contributed by atoms with Crippen LogP contribution in [-0.4, -0.2) is 24.6 Å². The van der Waals surface area contributed by atoms with Crippen LogP contribution in [0.5, 0.6) is 0 Å². The van der Waals surface area contributed by atoms with Crippen molar-refractivity contribution in [1.82, 2.24) is 0 Å². The Morgan fingerprint density at radius 3 is 2.59 bits per heavy atom. The van der Waals surface area contributed by atoms with Crippen molar-refractivity contribution in [3.8, 4) is 0 Å². The van der Waals surface area contributed by atoms with Gasteiger partial charge in [-0.05, 0) is 37.8 Å². The fraction of sp³-hybridized carbons (Fsp3) is 0.684. The summed E-state index contributed by atoms with van der Waals surface area (Å²) < 4.78 is 4.58. The van der Waals surface area contributed by atoms with Crippen LogP contribution in [0.2, 0.25) is 0 Å². The number of thioether (sulfide) groups is 1. The molecule has 0 aliphatic heterocycles. The van der Waals surface area contributed by atoms with Gasteiger partial charge >= 0.3 is 5.97 Å². The molecule has 0 aliphatic carbocycles. The molecule has 2 nitrogen and oxygen atoms in total. The smallest absolute Gasteiger partial charge is 0.305 e. The van der Waals surface area contributed by atoms with Gasteiger partial charge in [-0.2, -0.15) is 11.8 Å². The number of unbranched alkanes of at least 4 members (excludes halogenated alkanes) is 6. The number of rotatable bonds is 14. The van der Waals surface area contributed by atoms with Gasteiger partial charge in [0.25, 0.3) is 0 Å². The number of carbonyl (C=O) groups is 1. The summed E-state index contributed by atoms with van der Waals surface area (Å²) in [6.45, 7) is 2.25. The van der Waals surface area contributed by atoms with E-state index in [0.29, 0.717) is 6.42 Å². The predicted molar refractivity (Wildman–Crippen MR) is 98.4 cm³/mol. The number of esters is 1. The Hall–Kier alpha value is -0.920. The van der Waals surface area contributed by atoms with E-state index in [4.69, 9.17) is 0 Å². The third kappa shape index (κ3) is 17.1. The molecule has 0 aromatic rings. The minimum atomic E-state index is -0.134. The minimum absolute atomic E-state index is 0.134. The van der Waals surface area contributed by atoms with E-state index in [9.17, 15) is 4.79 Å². The maximum Gasteiger partial charge on any atom is 0.305 e. The van der Waals surface area contributed by atoms with Crippen molar-refractivity contribution in [2.24, 2.45) is 0 Å². The molecular weight excluding hydrogens is 292 g/mol. The molecule has 0 N–H and O–H groups in total. The van der Waals surface area contributed by atoms with Gasteiger partial charge in [0.2, 0.25) is 0 Å². The van der Waals surface area contributed by atoms with Crippen molar-refractivity contribution >= 4 is 17.7 Å². The van der Waals surface area contributed by atoms with Crippen molar-refractivity contribution < 1.29 is 9.53 Å². The first-order valence-electron chi connectivity index (χ1n) is 8.50. The Labute approximate surface area is 141 Å².